The Hall–Kier alpha value is -1.56. The predicted octanol–water partition coefficient (Wildman–Crippen LogP) is 2.59. The summed E-state index contributed by atoms with van der Waals surface area (Å²) < 4.78 is 2.01. The molecule has 24 heavy (non-hydrogen) atoms. The molecule has 7 heteroatoms. The molecule has 132 valence electrons. The molecule has 3 rings (SSSR count). The van der Waals surface area contributed by atoms with Crippen molar-refractivity contribution in [2.75, 3.05) is 19.6 Å². The predicted molar refractivity (Wildman–Crippen MR) is 99.9 cm³/mol. The molecule has 1 saturated heterocycles. The Morgan fingerprint density at radius 3 is 2.38 bits per heavy atom. The number of imidazole rings is 1. The van der Waals surface area contributed by atoms with Gasteiger partial charge in [0, 0.05) is 37.6 Å². The minimum Gasteiger partial charge on any atom is -0.339 e. The molecule has 1 aliphatic heterocycles. The van der Waals surface area contributed by atoms with Crippen molar-refractivity contribution in [2.24, 2.45) is 11.7 Å². The van der Waals surface area contributed by atoms with Gasteiger partial charge in [-0.25, -0.2) is 4.98 Å². The van der Waals surface area contributed by atoms with Crippen molar-refractivity contribution in [2.45, 2.75) is 19.4 Å². The van der Waals surface area contributed by atoms with E-state index in [1.807, 2.05) is 39.9 Å². The number of amides is 1. The highest BCUT2D eigenvalue weighted by atomic mass is 35.5. The number of benzene rings is 1. The number of nitrogens with zero attached hydrogens (tertiary/aromatic N) is 3. The molecule has 0 unspecified atom stereocenters. The monoisotopic (exact) mass is 370 g/mol. The van der Waals surface area contributed by atoms with Gasteiger partial charge in [-0.2, -0.15) is 0 Å². The molecule has 0 bridgehead atoms. The number of likely N-dealkylation sites (tertiary alicyclic amines) is 1. The van der Waals surface area contributed by atoms with Crippen LogP contribution in [0.1, 0.15) is 28.8 Å². The van der Waals surface area contributed by atoms with E-state index >= 15 is 0 Å². The summed E-state index contributed by atoms with van der Waals surface area (Å²) in [7, 11) is 0. The summed E-state index contributed by atoms with van der Waals surface area (Å²) in [6, 6.07) is 7.87. The fourth-order valence-electron chi connectivity index (χ4n) is 2.90. The van der Waals surface area contributed by atoms with Crippen LogP contribution < -0.4 is 5.73 Å². The Balaban J connectivity index is 0.00000144. The molecule has 1 aromatic heterocycles. The zero-order chi connectivity index (χ0) is 15.4. The Bertz CT molecular complexity index is 608. The molecule has 0 aliphatic carbocycles. The minimum absolute atomic E-state index is 0. The first kappa shape index (κ1) is 20.5. The van der Waals surface area contributed by atoms with Crippen LogP contribution in [0, 0.1) is 5.92 Å². The highest BCUT2D eigenvalue weighted by Crippen LogP contribution is 2.18. The van der Waals surface area contributed by atoms with Crippen LogP contribution in [0.5, 0.6) is 0 Å². The van der Waals surface area contributed by atoms with Crippen molar-refractivity contribution < 1.29 is 4.79 Å². The normalized spacial score (nSPS) is 14.6. The van der Waals surface area contributed by atoms with Crippen LogP contribution in [0.25, 0.3) is 0 Å². The van der Waals surface area contributed by atoms with Gasteiger partial charge in [0.1, 0.15) is 0 Å². The lowest BCUT2D eigenvalue weighted by atomic mass is 9.96. The van der Waals surface area contributed by atoms with E-state index in [0.29, 0.717) is 5.92 Å². The molecule has 1 aliphatic rings. The number of rotatable bonds is 4. The smallest absolute Gasteiger partial charge is 0.253 e. The van der Waals surface area contributed by atoms with E-state index in [9.17, 15) is 4.79 Å². The third-order valence-electron chi connectivity index (χ3n) is 4.36. The van der Waals surface area contributed by atoms with Crippen molar-refractivity contribution >= 4 is 30.7 Å². The first-order valence-corrected chi connectivity index (χ1v) is 7.80. The number of carbonyl (C=O) groups excluding carboxylic acids is 1. The van der Waals surface area contributed by atoms with Gasteiger partial charge in [-0.1, -0.05) is 12.1 Å². The number of halogens is 2. The summed E-state index contributed by atoms with van der Waals surface area (Å²) in [5.74, 6) is 0.700. The number of carbonyl (C=O) groups is 1. The number of hydrogen-bond donors (Lipinski definition) is 1. The number of hydrogen-bond acceptors (Lipinski definition) is 3. The third kappa shape index (κ3) is 4.97. The topological polar surface area (TPSA) is 64.2 Å². The molecular formula is C17H24Cl2N4O. The maximum absolute atomic E-state index is 12.5. The molecule has 5 nitrogen and oxygen atoms in total. The lowest BCUT2D eigenvalue weighted by Crippen LogP contribution is -2.40. The van der Waals surface area contributed by atoms with Gasteiger partial charge in [0.15, 0.2) is 0 Å². The van der Waals surface area contributed by atoms with E-state index < -0.39 is 0 Å². The summed E-state index contributed by atoms with van der Waals surface area (Å²) >= 11 is 0. The van der Waals surface area contributed by atoms with E-state index in [-0.39, 0.29) is 30.7 Å². The van der Waals surface area contributed by atoms with Gasteiger partial charge < -0.3 is 15.2 Å². The van der Waals surface area contributed by atoms with Crippen LogP contribution in [0.4, 0.5) is 0 Å². The highest BCUT2D eigenvalue weighted by Gasteiger charge is 2.22. The van der Waals surface area contributed by atoms with Crippen LogP contribution in [-0.4, -0.2) is 40.0 Å². The summed E-state index contributed by atoms with van der Waals surface area (Å²) in [4.78, 5) is 18.5. The van der Waals surface area contributed by atoms with Gasteiger partial charge in [-0.15, -0.1) is 24.8 Å². The molecule has 1 amide bonds. The van der Waals surface area contributed by atoms with Crippen molar-refractivity contribution in [3.63, 3.8) is 0 Å². The number of piperidine rings is 1. The standard InChI is InChI=1S/C17H22N4O.2ClH/c18-11-14-5-8-21(9-6-14)17(22)16-3-1-15(2-4-16)12-20-10-7-19-13-20;;/h1-4,7,10,13-14H,5-6,8-9,11-12,18H2;2*1H. The molecule has 1 fully saturated rings. The first-order valence-electron chi connectivity index (χ1n) is 7.80. The van der Waals surface area contributed by atoms with E-state index in [1.54, 1.807) is 12.5 Å². The lowest BCUT2D eigenvalue weighted by Gasteiger charge is -2.31. The van der Waals surface area contributed by atoms with Crippen LogP contribution in [-0.2, 0) is 6.54 Å². The Morgan fingerprint density at radius 1 is 1.17 bits per heavy atom. The fourth-order valence-corrected chi connectivity index (χ4v) is 2.90. The summed E-state index contributed by atoms with van der Waals surface area (Å²) in [6.45, 7) is 3.14. The largest absolute Gasteiger partial charge is 0.339 e. The third-order valence-corrected chi connectivity index (χ3v) is 4.36. The molecular weight excluding hydrogens is 347 g/mol. The van der Waals surface area contributed by atoms with E-state index in [1.165, 1.54) is 0 Å². The molecule has 0 radical (unpaired) electrons. The second-order valence-corrected chi connectivity index (χ2v) is 5.90. The van der Waals surface area contributed by atoms with Crippen molar-refractivity contribution in [3.8, 4) is 0 Å². The summed E-state index contributed by atoms with van der Waals surface area (Å²) in [5.41, 5.74) is 7.63. The van der Waals surface area contributed by atoms with Gasteiger partial charge in [0.2, 0.25) is 0 Å². The van der Waals surface area contributed by atoms with Crippen LogP contribution in [0.2, 0.25) is 0 Å². The molecule has 1 aromatic carbocycles. The Labute approximate surface area is 155 Å². The van der Waals surface area contributed by atoms with Crippen LogP contribution in [0.3, 0.4) is 0 Å². The van der Waals surface area contributed by atoms with Gasteiger partial charge in [0.05, 0.1) is 6.33 Å². The zero-order valence-electron chi connectivity index (χ0n) is 13.5. The van der Waals surface area contributed by atoms with Gasteiger partial charge in [-0.3, -0.25) is 4.79 Å². The van der Waals surface area contributed by atoms with Crippen molar-refractivity contribution in [1.82, 2.24) is 14.5 Å². The number of aromatic nitrogens is 2. The quantitative estimate of drug-likeness (QED) is 0.899. The Kier molecular flexibility index (Phi) is 8.25. The average molecular weight is 371 g/mol. The van der Waals surface area contributed by atoms with E-state index in [2.05, 4.69) is 4.98 Å². The second-order valence-electron chi connectivity index (χ2n) is 5.90. The second kappa shape index (κ2) is 9.67. The first-order chi connectivity index (χ1) is 10.8. The maximum atomic E-state index is 12.5. The van der Waals surface area contributed by atoms with E-state index in [4.69, 9.17) is 5.73 Å². The SMILES string of the molecule is Cl.Cl.NCC1CCN(C(=O)c2ccc(Cn3ccnc3)cc2)CC1. The molecule has 0 spiro atoms. The maximum Gasteiger partial charge on any atom is 0.253 e. The highest BCUT2D eigenvalue weighted by molar-refractivity contribution is 5.94. The van der Waals surface area contributed by atoms with Gasteiger partial charge >= 0.3 is 0 Å². The lowest BCUT2D eigenvalue weighted by molar-refractivity contribution is 0.0693. The Morgan fingerprint density at radius 2 is 1.83 bits per heavy atom. The summed E-state index contributed by atoms with van der Waals surface area (Å²) in [6.07, 6.45) is 7.52. The molecule has 0 atom stereocenters. The van der Waals surface area contributed by atoms with Gasteiger partial charge in [-0.05, 0) is 43.0 Å². The summed E-state index contributed by atoms with van der Waals surface area (Å²) in [5, 5.41) is 0. The van der Waals surface area contributed by atoms with Crippen molar-refractivity contribution in [1.29, 1.82) is 0 Å². The zero-order valence-corrected chi connectivity index (χ0v) is 15.1. The molecule has 0 saturated carbocycles. The van der Waals surface area contributed by atoms with Gasteiger partial charge in [0.25, 0.3) is 5.91 Å². The van der Waals surface area contributed by atoms with Crippen LogP contribution in [0.15, 0.2) is 43.0 Å². The molecule has 2 N–H and O–H groups in total. The minimum atomic E-state index is 0. The van der Waals surface area contributed by atoms with E-state index in [0.717, 1.165) is 50.1 Å². The van der Waals surface area contributed by atoms with Crippen molar-refractivity contribution in [3.05, 3.63) is 54.1 Å². The number of nitrogens with two attached hydrogens (primary N) is 1. The van der Waals surface area contributed by atoms with Crippen LogP contribution >= 0.6 is 24.8 Å². The average Bonchev–Trinajstić information content (AvgIpc) is 3.08. The fraction of sp³-hybridized carbons (Fsp3) is 0.412. The molecule has 2 heterocycles. The molecule has 2 aromatic rings.